The van der Waals surface area contributed by atoms with Crippen molar-refractivity contribution in [1.82, 2.24) is 10.3 Å². The van der Waals surface area contributed by atoms with Crippen LogP contribution in [0.25, 0.3) is 10.6 Å². The van der Waals surface area contributed by atoms with Crippen molar-refractivity contribution >= 4 is 29.7 Å². The largest absolute Gasteiger partial charge is 0.350 e. The fourth-order valence-electron chi connectivity index (χ4n) is 4.43. The van der Waals surface area contributed by atoms with E-state index < -0.39 is 0 Å². The van der Waals surface area contributed by atoms with Crippen LogP contribution in [0.15, 0.2) is 35.7 Å². The highest BCUT2D eigenvalue weighted by atomic mass is 35.5. The molecule has 0 spiro atoms. The Bertz CT molecular complexity index is 722. The Morgan fingerprint density at radius 1 is 1.19 bits per heavy atom. The summed E-state index contributed by atoms with van der Waals surface area (Å²) in [6.07, 6.45) is 5.56. The van der Waals surface area contributed by atoms with E-state index in [2.05, 4.69) is 22.4 Å². The summed E-state index contributed by atoms with van der Waals surface area (Å²) in [5.41, 5.74) is 8.39. The number of halogens is 1. The Labute approximate surface area is 165 Å². The number of benzene rings is 1. The molecule has 0 aliphatic heterocycles. The van der Waals surface area contributed by atoms with Crippen molar-refractivity contribution in [3.8, 4) is 10.6 Å². The van der Waals surface area contributed by atoms with Crippen LogP contribution < -0.4 is 11.1 Å². The number of nitrogens with two attached hydrogens (primary N) is 1. The molecular formula is C20H26ClN3OS. The summed E-state index contributed by atoms with van der Waals surface area (Å²) in [5.74, 6) is 1.37. The lowest BCUT2D eigenvalue weighted by molar-refractivity contribution is -0.128. The lowest BCUT2D eigenvalue weighted by Crippen LogP contribution is -2.49. The second-order valence-electron chi connectivity index (χ2n) is 7.42. The van der Waals surface area contributed by atoms with E-state index in [0.29, 0.717) is 24.4 Å². The maximum absolute atomic E-state index is 12.6. The highest BCUT2D eigenvalue weighted by Gasteiger charge is 2.40. The number of fused-ring (bicyclic) bond motifs is 2. The lowest BCUT2D eigenvalue weighted by atomic mass is 9.65. The molecule has 26 heavy (non-hydrogen) atoms. The third-order valence-corrected chi connectivity index (χ3v) is 6.74. The summed E-state index contributed by atoms with van der Waals surface area (Å²) in [6, 6.07) is 10.5. The number of carbonyl (C=O) groups excluding carboxylic acids is 1. The van der Waals surface area contributed by atoms with Crippen molar-refractivity contribution < 1.29 is 4.79 Å². The molecule has 140 valence electrons. The molecule has 1 amide bonds. The van der Waals surface area contributed by atoms with Gasteiger partial charge in [-0.05, 0) is 37.5 Å². The van der Waals surface area contributed by atoms with Gasteiger partial charge >= 0.3 is 0 Å². The predicted octanol–water partition coefficient (Wildman–Crippen LogP) is 4.00. The van der Waals surface area contributed by atoms with Gasteiger partial charge in [0.15, 0.2) is 0 Å². The number of hydrogen-bond acceptors (Lipinski definition) is 4. The number of hydrogen-bond donors (Lipinski definition) is 2. The average molecular weight is 392 g/mol. The molecule has 2 saturated carbocycles. The lowest BCUT2D eigenvalue weighted by Gasteiger charge is -2.43. The molecule has 2 aliphatic carbocycles. The van der Waals surface area contributed by atoms with Crippen molar-refractivity contribution in [2.75, 3.05) is 0 Å². The first-order valence-corrected chi connectivity index (χ1v) is 10.1. The van der Waals surface area contributed by atoms with Gasteiger partial charge in [-0.15, -0.1) is 23.7 Å². The maximum Gasteiger partial charge on any atom is 0.223 e. The Balaban J connectivity index is 0.00000196. The van der Waals surface area contributed by atoms with Gasteiger partial charge in [-0.2, -0.15) is 0 Å². The van der Waals surface area contributed by atoms with E-state index in [1.165, 1.54) is 19.3 Å². The van der Waals surface area contributed by atoms with E-state index in [4.69, 9.17) is 5.73 Å². The van der Waals surface area contributed by atoms with Crippen LogP contribution in [0.5, 0.6) is 0 Å². The van der Waals surface area contributed by atoms with E-state index in [0.717, 1.165) is 29.1 Å². The maximum atomic E-state index is 12.6. The Morgan fingerprint density at radius 3 is 2.58 bits per heavy atom. The summed E-state index contributed by atoms with van der Waals surface area (Å²) >= 11 is 1.62. The Kier molecular flexibility index (Phi) is 6.33. The molecule has 4 nitrogen and oxygen atoms in total. The normalized spacial score (nSPS) is 27.4. The molecule has 1 aromatic carbocycles. The molecule has 6 heteroatoms. The van der Waals surface area contributed by atoms with Gasteiger partial charge in [0, 0.05) is 22.9 Å². The van der Waals surface area contributed by atoms with Gasteiger partial charge in [-0.25, -0.2) is 4.98 Å². The van der Waals surface area contributed by atoms with Gasteiger partial charge in [-0.3, -0.25) is 4.79 Å². The molecule has 2 atom stereocenters. The Morgan fingerprint density at radius 2 is 1.88 bits per heavy atom. The minimum Gasteiger partial charge on any atom is -0.350 e. The zero-order chi connectivity index (χ0) is 17.2. The molecule has 2 aromatic rings. The number of rotatable bonds is 4. The first-order chi connectivity index (χ1) is 12.2. The average Bonchev–Trinajstić information content (AvgIpc) is 3.09. The third kappa shape index (κ3) is 4.11. The zero-order valence-electron chi connectivity index (χ0n) is 14.8. The van der Waals surface area contributed by atoms with Crippen molar-refractivity contribution in [1.29, 1.82) is 0 Å². The van der Waals surface area contributed by atoms with Crippen molar-refractivity contribution in [2.24, 2.45) is 23.5 Å². The van der Waals surface area contributed by atoms with Gasteiger partial charge in [0.05, 0.1) is 12.2 Å². The number of carbonyl (C=O) groups is 1. The van der Waals surface area contributed by atoms with Gasteiger partial charge < -0.3 is 11.1 Å². The van der Waals surface area contributed by atoms with E-state index >= 15 is 0 Å². The van der Waals surface area contributed by atoms with E-state index in [9.17, 15) is 4.79 Å². The smallest absolute Gasteiger partial charge is 0.223 e. The van der Waals surface area contributed by atoms with Crippen LogP contribution in [0, 0.1) is 17.8 Å². The first-order valence-electron chi connectivity index (χ1n) is 9.24. The van der Waals surface area contributed by atoms with Crippen molar-refractivity contribution in [2.45, 2.75) is 44.7 Å². The molecule has 1 heterocycles. The number of aromatic nitrogens is 1. The van der Waals surface area contributed by atoms with Crippen LogP contribution in [0.2, 0.25) is 0 Å². The number of nitrogens with zero attached hydrogens (tertiary/aromatic N) is 1. The van der Waals surface area contributed by atoms with Crippen LogP contribution in [0.4, 0.5) is 0 Å². The first kappa shape index (κ1) is 19.3. The molecule has 2 unspecified atom stereocenters. The predicted molar refractivity (Wildman–Crippen MR) is 108 cm³/mol. The van der Waals surface area contributed by atoms with Gasteiger partial charge in [0.2, 0.25) is 5.91 Å². The summed E-state index contributed by atoms with van der Waals surface area (Å²) in [6.45, 7) is 0.514. The molecule has 2 aliphatic rings. The van der Waals surface area contributed by atoms with Gasteiger partial charge in [0.25, 0.3) is 0 Å². The molecule has 1 aromatic heterocycles. The zero-order valence-corrected chi connectivity index (χ0v) is 16.4. The SMILES string of the molecule is Cl.NC1C2CCCC1CC(C(=O)NCc1csc(-c3ccccc3)n1)C2. The minimum atomic E-state index is 0. The summed E-state index contributed by atoms with van der Waals surface area (Å²) in [7, 11) is 0. The minimum absolute atomic E-state index is 0. The Hall–Kier alpha value is -1.43. The fourth-order valence-corrected chi connectivity index (χ4v) is 5.25. The quantitative estimate of drug-likeness (QED) is 0.827. The summed E-state index contributed by atoms with van der Waals surface area (Å²) in [5, 5.41) is 6.14. The summed E-state index contributed by atoms with van der Waals surface area (Å²) < 4.78 is 0. The number of thiazole rings is 1. The molecule has 0 radical (unpaired) electrons. The standard InChI is InChI=1S/C20H25N3OS.ClH/c21-18-14-7-4-8-15(18)10-16(9-14)19(24)22-11-17-12-25-20(23-17)13-5-2-1-3-6-13;/h1-3,5-6,12,14-16,18H,4,7-11,21H2,(H,22,24);1H. The van der Waals surface area contributed by atoms with Crippen LogP contribution in [0.1, 0.15) is 37.8 Å². The monoisotopic (exact) mass is 391 g/mol. The van der Waals surface area contributed by atoms with E-state index in [1.807, 2.05) is 23.6 Å². The molecule has 4 rings (SSSR count). The van der Waals surface area contributed by atoms with Gasteiger partial charge in [0.1, 0.15) is 5.01 Å². The number of nitrogens with one attached hydrogen (secondary N) is 1. The highest BCUT2D eigenvalue weighted by Crippen LogP contribution is 2.41. The molecule has 0 saturated heterocycles. The molecular weight excluding hydrogens is 366 g/mol. The number of amides is 1. The summed E-state index contributed by atoms with van der Waals surface area (Å²) in [4.78, 5) is 17.3. The topological polar surface area (TPSA) is 68.0 Å². The van der Waals surface area contributed by atoms with E-state index in [-0.39, 0.29) is 24.2 Å². The molecule has 2 fully saturated rings. The molecule has 2 bridgehead atoms. The highest BCUT2D eigenvalue weighted by molar-refractivity contribution is 7.13. The van der Waals surface area contributed by atoms with Crippen LogP contribution in [-0.2, 0) is 11.3 Å². The van der Waals surface area contributed by atoms with Crippen LogP contribution in [-0.4, -0.2) is 16.9 Å². The fraction of sp³-hybridized carbons (Fsp3) is 0.500. The second kappa shape index (κ2) is 8.51. The van der Waals surface area contributed by atoms with Gasteiger partial charge in [-0.1, -0.05) is 36.8 Å². The third-order valence-electron chi connectivity index (χ3n) is 5.80. The van der Waals surface area contributed by atoms with Crippen LogP contribution >= 0.6 is 23.7 Å². The van der Waals surface area contributed by atoms with Crippen molar-refractivity contribution in [3.05, 3.63) is 41.4 Å². The van der Waals surface area contributed by atoms with Crippen molar-refractivity contribution in [3.63, 3.8) is 0 Å². The molecule has 3 N–H and O–H groups in total. The van der Waals surface area contributed by atoms with Crippen LogP contribution in [0.3, 0.4) is 0 Å². The van der Waals surface area contributed by atoms with E-state index in [1.54, 1.807) is 11.3 Å². The second-order valence-corrected chi connectivity index (χ2v) is 8.28.